The Hall–Kier alpha value is -2.44. The molecular weight excluding hydrogens is 277 g/mol. The first-order chi connectivity index (χ1) is 10.4. The number of benzene rings is 3. The summed E-state index contributed by atoms with van der Waals surface area (Å²) in [5.41, 5.74) is 4.35. The van der Waals surface area contributed by atoms with Crippen LogP contribution >= 0.6 is 8.61 Å². The van der Waals surface area contributed by atoms with Crippen LogP contribution in [0.2, 0.25) is 0 Å². The zero-order valence-corrected chi connectivity index (χ0v) is 12.1. The second kappa shape index (κ2) is 4.83. The summed E-state index contributed by atoms with van der Waals surface area (Å²) in [5.74, 6) is 0. The van der Waals surface area contributed by atoms with Crippen LogP contribution in [0.4, 0.5) is 0 Å². The Kier molecular flexibility index (Phi) is 2.83. The van der Waals surface area contributed by atoms with E-state index in [1.54, 1.807) is 4.34 Å². The molecule has 0 radical (unpaired) electrons. The molecule has 0 N–H and O–H groups in total. The van der Waals surface area contributed by atoms with Gasteiger partial charge in [0.05, 0.1) is 11.0 Å². The molecule has 0 aliphatic rings. The molecule has 21 heavy (non-hydrogen) atoms. The monoisotopic (exact) mass is 289 g/mol. The number of para-hydroxylation sites is 1. The Morgan fingerprint density at radius 3 is 2.19 bits per heavy atom. The number of rotatable bonds is 2. The molecule has 1 aromatic heterocycles. The Morgan fingerprint density at radius 2 is 1.38 bits per heavy atom. The molecule has 1 heterocycles. The van der Waals surface area contributed by atoms with E-state index in [0.717, 1.165) is 21.8 Å². The van der Waals surface area contributed by atoms with E-state index in [4.69, 9.17) is 0 Å². The molecule has 100 valence electrons. The van der Waals surface area contributed by atoms with Crippen molar-refractivity contribution >= 4 is 30.4 Å². The van der Waals surface area contributed by atoms with Crippen LogP contribution in [0.5, 0.6) is 0 Å². The number of hydrogen-bond acceptors (Lipinski definition) is 1. The van der Waals surface area contributed by atoms with Crippen LogP contribution in [0, 0.1) is 0 Å². The molecule has 0 spiro atoms. The lowest BCUT2D eigenvalue weighted by Gasteiger charge is -2.02. The molecule has 2 nitrogen and oxygen atoms in total. The molecule has 0 atom stereocenters. The average molecular weight is 289 g/mol. The maximum absolute atomic E-state index is 11.5. The van der Waals surface area contributed by atoms with Crippen LogP contribution in [-0.2, 0) is 4.57 Å². The quantitative estimate of drug-likeness (QED) is 0.445. The molecule has 0 aliphatic carbocycles. The zero-order valence-electron chi connectivity index (χ0n) is 11.2. The van der Waals surface area contributed by atoms with E-state index in [1.807, 2.05) is 42.5 Å². The summed E-state index contributed by atoms with van der Waals surface area (Å²) in [5, 5.41) is 2.27. The molecule has 0 unspecified atom stereocenters. The summed E-state index contributed by atoms with van der Waals surface area (Å²) in [6, 6.07) is 24.7. The summed E-state index contributed by atoms with van der Waals surface area (Å²) in [4.78, 5) is 0. The molecule has 0 fully saturated rings. The van der Waals surface area contributed by atoms with Crippen molar-refractivity contribution in [2.45, 2.75) is 0 Å². The summed E-state index contributed by atoms with van der Waals surface area (Å²) < 4.78 is 13.3. The predicted octanol–water partition coefficient (Wildman–Crippen LogP) is 5.52. The summed E-state index contributed by atoms with van der Waals surface area (Å²) in [7, 11) is -0.00258. The minimum Gasteiger partial charge on any atom is -0.259 e. The average Bonchev–Trinajstić information content (AvgIpc) is 2.88. The third-order valence-electron chi connectivity index (χ3n) is 3.84. The summed E-state index contributed by atoms with van der Waals surface area (Å²) in [6.07, 6.45) is 0. The molecule has 0 aliphatic heterocycles. The second-order valence-corrected chi connectivity index (χ2v) is 5.57. The Bertz CT molecular complexity index is 957. The van der Waals surface area contributed by atoms with E-state index in [-0.39, 0.29) is 8.61 Å². The maximum atomic E-state index is 11.5. The molecule has 0 amide bonds. The first-order valence-corrected chi connectivity index (χ1v) is 7.57. The normalized spacial score (nSPS) is 11.4. The van der Waals surface area contributed by atoms with Crippen molar-refractivity contribution in [2.75, 3.05) is 0 Å². The van der Waals surface area contributed by atoms with Gasteiger partial charge in [0.2, 0.25) is 0 Å². The predicted molar refractivity (Wildman–Crippen MR) is 87.9 cm³/mol. The van der Waals surface area contributed by atoms with E-state index in [2.05, 4.69) is 30.3 Å². The highest BCUT2D eigenvalue weighted by Gasteiger charge is 2.11. The van der Waals surface area contributed by atoms with Crippen molar-refractivity contribution in [3.05, 3.63) is 72.8 Å². The Balaban J connectivity index is 2.08. The van der Waals surface area contributed by atoms with Crippen molar-refractivity contribution < 1.29 is 4.57 Å². The SMILES string of the molecule is O=Pn1c2ccccc2c2cc(-c3ccccc3)ccc21. The lowest BCUT2D eigenvalue weighted by atomic mass is 10.0. The first kappa shape index (κ1) is 12.3. The fraction of sp³-hybridized carbons (Fsp3) is 0. The van der Waals surface area contributed by atoms with Crippen molar-refractivity contribution in [3.8, 4) is 11.1 Å². The fourth-order valence-electron chi connectivity index (χ4n) is 2.85. The number of aromatic nitrogens is 1. The van der Waals surface area contributed by atoms with Crippen LogP contribution < -0.4 is 0 Å². The molecule has 0 saturated carbocycles. The van der Waals surface area contributed by atoms with E-state index in [9.17, 15) is 4.57 Å². The van der Waals surface area contributed by atoms with E-state index >= 15 is 0 Å². The topological polar surface area (TPSA) is 22.0 Å². The van der Waals surface area contributed by atoms with Crippen molar-refractivity contribution in [3.63, 3.8) is 0 Å². The second-order valence-electron chi connectivity index (χ2n) is 5.01. The smallest absolute Gasteiger partial charge is 0.259 e. The lowest BCUT2D eigenvalue weighted by molar-refractivity contribution is 0.596. The van der Waals surface area contributed by atoms with Gasteiger partial charge < -0.3 is 0 Å². The molecule has 0 saturated heterocycles. The molecule has 4 aromatic rings. The van der Waals surface area contributed by atoms with Crippen LogP contribution in [0.25, 0.3) is 32.9 Å². The molecule has 3 aromatic carbocycles. The van der Waals surface area contributed by atoms with Crippen LogP contribution in [0.15, 0.2) is 72.8 Å². The van der Waals surface area contributed by atoms with Crippen molar-refractivity contribution in [1.29, 1.82) is 0 Å². The summed E-state index contributed by atoms with van der Waals surface area (Å²) >= 11 is 0. The number of nitrogens with zero attached hydrogens (tertiary/aromatic N) is 1. The number of hydrogen-bond donors (Lipinski definition) is 0. The van der Waals surface area contributed by atoms with Gasteiger partial charge in [-0.3, -0.25) is 4.34 Å². The third kappa shape index (κ3) is 1.88. The Morgan fingerprint density at radius 1 is 0.667 bits per heavy atom. The van der Waals surface area contributed by atoms with Gasteiger partial charge in [-0.2, -0.15) is 0 Å². The van der Waals surface area contributed by atoms with Gasteiger partial charge in [-0.15, -0.1) is 0 Å². The highest BCUT2D eigenvalue weighted by molar-refractivity contribution is 7.22. The fourth-order valence-corrected chi connectivity index (χ4v) is 3.38. The largest absolute Gasteiger partial charge is 0.287 e. The first-order valence-electron chi connectivity index (χ1n) is 6.81. The van der Waals surface area contributed by atoms with Gasteiger partial charge in [-0.05, 0) is 29.3 Å². The van der Waals surface area contributed by atoms with Crippen molar-refractivity contribution in [2.24, 2.45) is 0 Å². The molecule has 0 bridgehead atoms. The van der Waals surface area contributed by atoms with Crippen LogP contribution in [0.3, 0.4) is 0 Å². The summed E-state index contributed by atoms with van der Waals surface area (Å²) in [6.45, 7) is 0. The van der Waals surface area contributed by atoms with E-state index < -0.39 is 0 Å². The minimum atomic E-state index is -0.00258. The van der Waals surface area contributed by atoms with Crippen molar-refractivity contribution in [1.82, 2.24) is 4.34 Å². The van der Waals surface area contributed by atoms with Gasteiger partial charge in [-0.1, -0.05) is 54.6 Å². The Labute approximate surface area is 123 Å². The standard InChI is InChI=1S/C18H12NOP/c20-21-19-17-9-5-4-8-15(17)16-12-14(10-11-18(16)19)13-6-2-1-3-7-13/h1-12H. The third-order valence-corrected chi connectivity index (χ3v) is 4.43. The van der Waals surface area contributed by atoms with Crippen LogP contribution in [0.1, 0.15) is 0 Å². The van der Waals surface area contributed by atoms with Gasteiger partial charge in [0, 0.05) is 10.8 Å². The zero-order chi connectivity index (χ0) is 14.2. The molecule has 4 rings (SSSR count). The van der Waals surface area contributed by atoms with Gasteiger partial charge in [0.1, 0.15) is 0 Å². The molecule has 3 heteroatoms. The lowest BCUT2D eigenvalue weighted by Crippen LogP contribution is -1.80. The van der Waals surface area contributed by atoms with E-state index in [1.165, 1.54) is 11.1 Å². The highest BCUT2D eigenvalue weighted by Crippen LogP contribution is 2.34. The van der Waals surface area contributed by atoms with Gasteiger partial charge in [-0.25, -0.2) is 4.57 Å². The van der Waals surface area contributed by atoms with Gasteiger partial charge >= 0.3 is 0 Å². The number of fused-ring (bicyclic) bond motifs is 3. The van der Waals surface area contributed by atoms with Gasteiger partial charge in [0.25, 0.3) is 8.61 Å². The minimum absolute atomic E-state index is 0.00258. The van der Waals surface area contributed by atoms with Gasteiger partial charge in [0.15, 0.2) is 0 Å². The van der Waals surface area contributed by atoms with Crippen LogP contribution in [-0.4, -0.2) is 4.34 Å². The maximum Gasteiger partial charge on any atom is 0.287 e. The highest BCUT2D eigenvalue weighted by atomic mass is 31.1. The molecular formula is C18H12NOP. The van der Waals surface area contributed by atoms with E-state index in [0.29, 0.717) is 0 Å².